The second kappa shape index (κ2) is 5.84. The van der Waals surface area contributed by atoms with E-state index in [1.165, 1.54) is 16.7 Å². The molecule has 3 heteroatoms. The first kappa shape index (κ1) is 14.5. The van der Waals surface area contributed by atoms with Crippen molar-refractivity contribution in [3.05, 3.63) is 71.0 Å². The first-order valence-electron chi connectivity index (χ1n) is 8.26. The third-order valence-electron chi connectivity index (χ3n) is 4.81. The molecule has 2 atom stereocenters. The molecule has 4 rings (SSSR count). The van der Waals surface area contributed by atoms with E-state index in [1.807, 2.05) is 30.3 Å². The van der Waals surface area contributed by atoms with Crippen molar-refractivity contribution in [1.82, 2.24) is 5.32 Å². The van der Waals surface area contributed by atoms with E-state index in [0.29, 0.717) is 6.54 Å². The fourth-order valence-electron chi connectivity index (χ4n) is 3.66. The van der Waals surface area contributed by atoms with Gasteiger partial charge in [0.25, 0.3) is 0 Å². The van der Waals surface area contributed by atoms with Crippen molar-refractivity contribution in [3.8, 4) is 0 Å². The zero-order valence-corrected chi connectivity index (χ0v) is 13.3. The van der Waals surface area contributed by atoms with Crippen LogP contribution in [0.4, 0.5) is 0 Å². The summed E-state index contributed by atoms with van der Waals surface area (Å²) in [5.74, 6) is 1.03. The van der Waals surface area contributed by atoms with E-state index in [0.717, 1.165) is 29.6 Å². The lowest BCUT2D eigenvalue weighted by Crippen LogP contribution is -2.28. The second-order valence-electron chi connectivity index (χ2n) is 6.18. The van der Waals surface area contributed by atoms with Gasteiger partial charge in [-0.25, -0.2) is 0 Å². The van der Waals surface area contributed by atoms with Gasteiger partial charge in [0, 0.05) is 30.3 Å². The Morgan fingerprint density at radius 3 is 2.78 bits per heavy atom. The number of furan rings is 1. The normalized spacial score (nSPS) is 20.1. The molecule has 1 aromatic heterocycles. The number of aliphatic hydroxyl groups is 1. The minimum Gasteiger partial charge on any atom is -0.461 e. The Balaban J connectivity index is 1.62. The number of fused-ring (bicyclic) bond motifs is 2. The van der Waals surface area contributed by atoms with Crippen molar-refractivity contribution in [2.75, 3.05) is 0 Å². The molecule has 3 aromatic rings. The van der Waals surface area contributed by atoms with Gasteiger partial charge in [-0.05, 0) is 17.2 Å². The Bertz CT molecular complexity index is 837. The van der Waals surface area contributed by atoms with E-state index in [1.54, 1.807) is 0 Å². The summed E-state index contributed by atoms with van der Waals surface area (Å²) < 4.78 is 5.96. The number of hydrogen-bond donors (Lipinski definition) is 2. The Morgan fingerprint density at radius 2 is 1.91 bits per heavy atom. The third kappa shape index (κ3) is 2.46. The summed E-state index contributed by atoms with van der Waals surface area (Å²) in [4.78, 5) is 0. The minimum atomic E-state index is -0.365. The maximum atomic E-state index is 10.4. The fraction of sp³-hybridized carbons (Fsp3) is 0.300. The van der Waals surface area contributed by atoms with Crippen LogP contribution in [0.25, 0.3) is 11.0 Å². The molecule has 1 aliphatic carbocycles. The molecule has 0 bridgehead atoms. The van der Waals surface area contributed by atoms with Crippen LogP contribution < -0.4 is 5.32 Å². The SMILES string of the molecule is CCc1oc2ccccc2c1CN[C@@H]1c2ccccc2C[C@@H]1O. The van der Waals surface area contributed by atoms with E-state index in [9.17, 15) is 5.11 Å². The van der Waals surface area contributed by atoms with Gasteiger partial charge in [-0.1, -0.05) is 49.4 Å². The highest BCUT2D eigenvalue weighted by Crippen LogP contribution is 2.33. The molecule has 118 valence electrons. The molecule has 0 spiro atoms. The van der Waals surface area contributed by atoms with Gasteiger partial charge in [-0.15, -0.1) is 0 Å². The molecule has 0 saturated carbocycles. The molecule has 3 nitrogen and oxygen atoms in total. The van der Waals surface area contributed by atoms with Crippen molar-refractivity contribution in [1.29, 1.82) is 0 Å². The number of hydrogen-bond acceptors (Lipinski definition) is 3. The summed E-state index contributed by atoms with van der Waals surface area (Å²) in [5.41, 5.74) is 4.60. The van der Waals surface area contributed by atoms with Crippen LogP contribution >= 0.6 is 0 Å². The molecular weight excluding hydrogens is 286 g/mol. The molecule has 0 fully saturated rings. The van der Waals surface area contributed by atoms with Crippen LogP contribution in [-0.2, 0) is 19.4 Å². The van der Waals surface area contributed by atoms with Crippen LogP contribution in [-0.4, -0.2) is 11.2 Å². The maximum absolute atomic E-state index is 10.4. The van der Waals surface area contributed by atoms with Crippen molar-refractivity contribution in [3.63, 3.8) is 0 Å². The Hall–Kier alpha value is -2.10. The molecule has 0 aliphatic heterocycles. The highest BCUT2D eigenvalue weighted by atomic mass is 16.3. The first-order chi connectivity index (χ1) is 11.3. The summed E-state index contributed by atoms with van der Waals surface area (Å²) in [7, 11) is 0. The van der Waals surface area contributed by atoms with E-state index in [-0.39, 0.29) is 12.1 Å². The fourth-order valence-corrected chi connectivity index (χ4v) is 3.66. The predicted octanol–water partition coefficient (Wildman–Crippen LogP) is 3.74. The monoisotopic (exact) mass is 307 g/mol. The van der Waals surface area contributed by atoms with Gasteiger partial charge in [0.15, 0.2) is 0 Å². The number of para-hydroxylation sites is 1. The smallest absolute Gasteiger partial charge is 0.134 e. The standard InChI is InChI=1S/C20H21NO2/c1-2-18-16(15-9-5-6-10-19(15)23-18)12-21-20-14-8-4-3-7-13(14)11-17(20)22/h3-10,17,20-22H,2,11-12H2,1H3/t17-,20+/m0/s1. The van der Waals surface area contributed by atoms with Gasteiger partial charge < -0.3 is 14.8 Å². The highest BCUT2D eigenvalue weighted by molar-refractivity contribution is 5.82. The molecule has 0 unspecified atom stereocenters. The Kier molecular flexibility index (Phi) is 3.68. The summed E-state index contributed by atoms with van der Waals surface area (Å²) in [6.45, 7) is 2.82. The number of aliphatic hydroxyl groups excluding tert-OH is 1. The molecule has 1 heterocycles. The number of benzene rings is 2. The molecule has 2 aromatic carbocycles. The summed E-state index contributed by atoms with van der Waals surface area (Å²) >= 11 is 0. The van der Waals surface area contributed by atoms with E-state index < -0.39 is 0 Å². The Labute approximate surface area is 135 Å². The lowest BCUT2D eigenvalue weighted by atomic mass is 10.1. The predicted molar refractivity (Wildman–Crippen MR) is 91.3 cm³/mol. The largest absolute Gasteiger partial charge is 0.461 e. The van der Waals surface area contributed by atoms with Gasteiger partial charge in [0.1, 0.15) is 11.3 Å². The topological polar surface area (TPSA) is 45.4 Å². The molecule has 2 N–H and O–H groups in total. The van der Waals surface area contributed by atoms with Crippen LogP contribution in [0.2, 0.25) is 0 Å². The summed E-state index contributed by atoms with van der Waals surface area (Å²) in [6.07, 6.45) is 1.23. The van der Waals surface area contributed by atoms with Crippen molar-refractivity contribution in [2.24, 2.45) is 0 Å². The van der Waals surface area contributed by atoms with Crippen LogP contribution in [0.3, 0.4) is 0 Å². The molecule has 23 heavy (non-hydrogen) atoms. The van der Waals surface area contributed by atoms with E-state index in [4.69, 9.17) is 4.42 Å². The number of aryl methyl sites for hydroxylation is 1. The van der Waals surface area contributed by atoms with Crippen molar-refractivity contribution in [2.45, 2.75) is 38.5 Å². The lowest BCUT2D eigenvalue weighted by Gasteiger charge is -2.18. The average Bonchev–Trinajstić information content (AvgIpc) is 3.09. The zero-order chi connectivity index (χ0) is 15.8. The van der Waals surface area contributed by atoms with Crippen molar-refractivity contribution >= 4 is 11.0 Å². The molecule has 0 radical (unpaired) electrons. The molecule has 0 amide bonds. The maximum Gasteiger partial charge on any atom is 0.134 e. The van der Waals surface area contributed by atoms with Gasteiger partial charge in [0.05, 0.1) is 12.1 Å². The van der Waals surface area contributed by atoms with E-state index in [2.05, 4.69) is 30.4 Å². The quantitative estimate of drug-likeness (QED) is 0.772. The lowest BCUT2D eigenvalue weighted by molar-refractivity contribution is 0.140. The van der Waals surface area contributed by atoms with Gasteiger partial charge in [0.2, 0.25) is 0 Å². The first-order valence-corrected chi connectivity index (χ1v) is 8.26. The summed E-state index contributed by atoms with van der Waals surface area (Å²) in [5, 5.41) is 15.1. The minimum absolute atomic E-state index is 0.00966. The van der Waals surface area contributed by atoms with Crippen molar-refractivity contribution < 1.29 is 9.52 Å². The number of nitrogens with one attached hydrogen (secondary N) is 1. The van der Waals surface area contributed by atoms with Crippen LogP contribution in [0, 0.1) is 0 Å². The second-order valence-corrected chi connectivity index (χ2v) is 6.18. The molecule has 1 aliphatic rings. The van der Waals surface area contributed by atoms with E-state index >= 15 is 0 Å². The Morgan fingerprint density at radius 1 is 1.13 bits per heavy atom. The third-order valence-corrected chi connectivity index (χ3v) is 4.81. The molecular formula is C20H21NO2. The van der Waals surface area contributed by atoms with Crippen LogP contribution in [0.5, 0.6) is 0 Å². The van der Waals surface area contributed by atoms with Gasteiger partial charge in [-0.3, -0.25) is 0 Å². The average molecular weight is 307 g/mol. The number of rotatable bonds is 4. The summed E-state index contributed by atoms with van der Waals surface area (Å²) in [6, 6.07) is 16.4. The highest BCUT2D eigenvalue weighted by Gasteiger charge is 2.30. The molecule has 0 saturated heterocycles. The van der Waals surface area contributed by atoms with Crippen LogP contribution in [0.15, 0.2) is 52.9 Å². The zero-order valence-electron chi connectivity index (χ0n) is 13.3. The van der Waals surface area contributed by atoms with Crippen LogP contribution in [0.1, 0.15) is 35.4 Å². The van der Waals surface area contributed by atoms with Gasteiger partial charge >= 0.3 is 0 Å². The van der Waals surface area contributed by atoms with Gasteiger partial charge in [-0.2, -0.15) is 0 Å².